The second-order valence-electron chi connectivity index (χ2n) is 4.52. The first kappa shape index (κ1) is 13.1. The van der Waals surface area contributed by atoms with Gasteiger partial charge in [-0.2, -0.15) is 0 Å². The molecule has 0 spiro atoms. The number of benzene rings is 2. The van der Waals surface area contributed by atoms with E-state index in [2.05, 4.69) is 5.32 Å². The van der Waals surface area contributed by atoms with Gasteiger partial charge in [0.1, 0.15) is 0 Å². The lowest BCUT2D eigenvalue weighted by molar-refractivity contribution is -0.115. The predicted molar refractivity (Wildman–Crippen MR) is 79.0 cm³/mol. The quantitative estimate of drug-likeness (QED) is 0.823. The molecule has 0 radical (unpaired) electrons. The van der Waals surface area contributed by atoms with Crippen LogP contribution in [0, 0.1) is 0 Å². The van der Waals surface area contributed by atoms with Gasteiger partial charge >= 0.3 is 0 Å². The van der Waals surface area contributed by atoms with Gasteiger partial charge in [-0.25, -0.2) is 0 Å². The number of rotatable bonds is 4. The molecule has 3 N–H and O–H groups in total. The third-order valence-electron chi connectivity index (χ3n) is 2.95. The summed E-state index contributed by atoms with van der Waals surface area (Å²) in [4.78, 5) is 11.3. The SMILES string of the molecule is CCC(=O)Nc1ccc(Cc2ccc(N)cc2)cc1. The predicted octanol–water partition coefficient (Wildman–Crippen LogP) is 3.21. The van der Waals surface area contributed by atoms with Gasteiger partial charge in [-0.05, 0) is 41.8 Å². The van der Waals surface area contributed by atoms with Gasteiger partial charge in [0.05, 0.1) is 0 Å². The van der Waals surface area contributed by atoms with Gasteiger partial charge in [0.15, 0.2) is 0 Å². The van der Waals surface area contributed by atoms with Crippen molar-refractivity contribution in [3.63, 3.8) is 0 Å². The van der Waals surface area contributed by atoms with Crippen LogP contribution in [0.15, 0.2) is 48.5 Å². The Morgan fingerprint density at radius 2 is 1.53 bits per heavy atom. The molecule has 19 heavy (non-hydrogen) atoms. The van der Waals surface area contributed by atoms with Crippen molar-refractivity contribution < 1.29 is 4.79 Å². The Kier molecular flexibility index (Phi) is 4.18. The highest BCUT2D eigenvalue weighted by Crippen LogP contribution is 2.15. The maximum Gasteiger partial charge on any atom is 0.224 e. The van der Waals surface area contributed by atoms with Gasteiger partial charge in [-0.3, -0.25) is 4.79 Å². The highest BCUT2D eigenvalue weighted by atomic mass is 16.1. The van der Waals surface area contributed by atoms with E-state index in [0.717, 1.165) is 17.8 Å². The Balaban J connectivity index is 2.02. The summed E-state index contributed by atoms with van der Waals surface area (Å²) in [6, 6.07) is 15.8. The molecule has 0 aliphatic carbocycles. The summed E-state index contributed by atoms with van der Waals surface area (Å²) in [5.74, 6) is 0.0336. The molecule has 3 heteroatoms. The van der Waals surface area contributed by atoms with Crippen molar-refractivity contribution in [2.45, 2.75) is 19.8 Å². The Morgan fingerprint density at radius 3 is 2.05 bits per heavy atom. The number of nitrogens with two attached hydrogens (primary N) is 1. The maximum atomic E-state index is 11.3. The van der Waals surface area contributed by atoms with Gasteiger partial charge in [0.25, 0.3) is 0 Å². The van der Waals surface area contributed by atoms with Gasteiger partial charge < -0.3 is 11.1 Å². The molecule has 98 valence electrons. The Bertz CT molecular complexity index is 544. The van der Waals surface area contributed by atoms with E-state index in [1.165, 1.54) is 11.1 Å². The summed E-state index contributed by atoms with van der Waals surface area (Å²) in [6.07, 6.45) is 1.36. The van der Waals surface area contributed by atoms with Crippen molar-refractivity contribution >= 4 is 17.3 Å². The molecule has 0 saturated heterocycles. The maximum absolute atomic E-state index is 11.3. The van der Waals surface area contributed by atoms with E-state index in [-0.39, 0.29) is 5.91 Å². The summed E-state index contributed by atoms with van der Waals surface area (Å²) in [5.41, 5.74) is 9.71. The zero-order valence-corrected chi connectivity index (χ0v) is 11.0. The van der Waals surface area contributed by atoms with E-state index in [1.807, 2.05) is 55.5 Å². The minimum atomic E-state index is 0.0336. The van der Waals surface area contributed by atoms with Crippen molar-refractivity contribution in [1.29, 1.82) is 0 Å². The number of anilines is 2. The Hall–Kier alpha value is -2.29. The van der Waals surface area contributed by atoms with Crippen molar-refractivity contribution in [1.82, 2.24) is 0 Å². The van der Waals surface area contributed by atoms with Crippen LogP contribution in [0.25, 0.3) is 0 Å². The zero-order chi connectivity index (χ0) is 13.7. The number of carbonyl (C=O) groups is 1. The van der Waals surface area contributed by atoms with Crippen LogP contribution in [-0.4, -0.2) is 5.91 Å². The van der Waals surface area contributed by atoms with E-state index in [1.54, 1.807) is 0 Å². The van der Waals surface area contributed by atoms with Crippen molar-refractivity contribution in [2.75, 3.05) is 11.1 Å². The van der Waals surface area contributed by atoms with Gasteiger partial charge in [-0.15, -0.1) is 0 Å². The second-order valence-corrected chi connectivity index (χ2v) is 4.52. The van der Waals surface area contributed by atoms with Crippen molar-refractivity contribution in [2.24, 2.45) is 0 Å². The van der Waals surface area contributed by atoms with Crippen LogP contribution in [0.1, 0.15) is 24.5 Å². The lowest BCUT2D eigenvalue weighted by Gasteiger charge is -2.06. The molecule has 0 atom stereocenters. The largest absolute Gasteiger partial charge is 0.399 e. The van der Waals surface area contributed by atoms with Crippen LogP contribution in [0.2, 0.25) is 0 Å². The second kappa shape index (κ2) is 6.05. The van der Waals surface area contributed by atoms with Crippen molar-refractivity contribution in [3.8, 4) is 0 Å². The van der Waals surface area contributed by atoms with E-state index in [9.17, 15) is 4.79 Å². The van der Waals surface area contributed by atoms with Crippen LogP contribution in [0.5, 0.6) is 0 Å². The third-order valence-corrected chi connectivity index (χ3v) is 2.95. The fourth-order valence-electron chi connectivity index (χ4n) is 1.83. The molecule has 0 bridgehead atoms. The summed E-state index contributed by atoms with van der Waals surface area (Å²) < 4.78 is 0. The van der Waals surface area contributed by atoms with Gasteiger partial charge in [-0.1, -0.05) is 31.2 Å². The number of nitrogens with one attached hydrogen (secondary N) is 1. The fourth-order valence-corrected chi connectivity index (χ4v) is 1.83. The first-order chi connectivity index (χ1) is 9.17. The van der Waals surface area contributed by atoms with Crippen LogP contribution < -0.4 is 11.1 Å². The van der Waals surface area contributed by atoms with Gasteiger partial charge in [0, 0.05) is 17.8 Å². The smallest absolute Gasteiger partial charge is 0.224 e. The van der Waals surface area contributed by atoms with E-state index >= 15 is 0 Å². The molecule has 0 fully saturated rings. The molecule has 1 amide bonds. The normalized spacial score (nSPS) is 10.2. The molecule has 2 aromatic rings. The average molecular weight is 254 g/mol. The summed E-state index contributed by atoms with van der Waals surface area (Å²) in [5, 5.41) is 2.83. The molecule has 2 rings (SSSR count). The van der Waals surface area contributed by atoms with Crippen LogP contribution in [-0.2, 0) is 11.2 Å². The molecule has 2 aromatic carbocycles. The number of amides is 1. The first-order valence-corrected chi connectivity index (χ1v) is 6.40. The minimum Gasteiger partial charge on any atom is -0.399 e. The number of carbonyl (C=O) groups excluding carboxylic acids is 1. The lowest BCUT2D eigenvalue weighted by atomic mass is 10.0. The monoisotopic (exact) mass is 254 g/mol. The third kappa shape index (κ3) is 3.85. The van der Waals surface area contributed by atoms with E-state index in [4.69, 9.17) is 5.73 Å². The average Bonchev–Trinajstić information content (AvgIpc) is 2.43. The van der Waals surface area contributed by atoms with E-state index in [0.29, 0.717) is 6.42 Å². The van der Waals surface area contributed by atoms with Crippen LogP contribution in [0.3, 0.4) is 0 Å². The molecule has 0 aromatic heterocycles. The summed E-state index contributed by atoms with van der Waals surface area (Å²) >= 11 is 0. The van der Waals surface area contributed by atoms with E-state index < -0.39 is 0 Å². The topological polar surface area (TPSA) is 55.1 Å². The molecular weight excluding hydrogens is 236 g/mol. The number of hydrogen-bond acceptors (Lipinski definition) is 2. The first-order valence-electron chi connectivity index (χ1n) is 6.40. The molecule has 0 aliphatic rings. The summed E-state index contributed by atoms with van der Waals surface area (Å²) in [7, 11) is 0. The zero-order valence-electron chi connectivity index (χ0n) is 11.0. The lowest BCUT2D eigenvalue weighted by Crippen LogP contribution is -2.09. The number of nitrogen functional groups attached to an aromatic ring is 1. The molecular formula is C16H18N2O. The highest BCUT2D eigenvalue weighted by molar-refractivity contribution is 5.90. The molecule has 0 aliphatic heterocycles. The van der Waals surface area contributed by atoms with Crippen molar-refractivity contribution in [3.05, 3.63) is 59.7 Å². The molecule has 0 unspecified atom stereocenters. The standard InChI is InChI=1S/C16H18N2O/c1-2-16(19)18-15-9-5-13(6-10-15)11-12-3-7-14(17)8-4-12/h3-10H,2,11,17H2,1H3,(H,18,19). The van der Waals surface area contributed by atoms with Gasteiger partial charge in [0.2, 0.25) is 5.91 Å². The molecule has 0 heterocycles. The van der Waals surface area contributed by atoms with Crippen LogP contribution >= 0.6 is 0 Å². The highest BCUT2D eigenvalue weighted by Gasteiger charge is 2.00. The fraction of sp³-hybridized carbons (Fsp3) is 0.188. The number of hydrogen-bond donors (Lipinski definition) is 2. The van der Waals surface area contributed by atoms with Crippen LogP contribution in [0.4, 0.5) is 11.4 Å². The molecule has 0 saturated carbocycles. The minimum absolute atomic E-state index is 0.0336. The Morgan fingerprint density at radius 1 is 1.00 bits per heavy atom. The summed E-state index contributed by atoms with van der Waals surface area (Å²) in [6.45, 7) is 1.84. The Labute approximate surface area is 113 Å². The molecule has 3 nitrogen and oxygen atoms in total.